The molecular weight excluding hydrogens is 247 g/mol. The fraction of sp³-hybridized carbons (Fsp3) is 0.308. The van der Waals surface area contributed by atoms with Gasteiger partial charge in [0.15, 0.2) is 0 Å². The summed E-state index contributed by atoms with van der Waals surface area (Å²) < 4.78 is 27.1. The van der Waals surface area contributed by atoms with Gasteiger partial charge in [0.1, 0.15) is 0 Å². The monoisotopic (exact) mass is 261 g/mol. The molecule has 0 radical (unpaired) electrons. The van der Waals surface area contributed by atoms with Crippen molar-refractivity contribution in [3.05, 3.63) is 41.9 Å². The Kier molecular flexibility index (Phi) is 3.23. The molecule has 0 atom stereocenters. The Labute approximate surface area is 111 Å². The van der Waals surface area contributed by atoms with Crippen molar-refractivity contribution < 1.29 is 8.63 Å². The summed E-state index contributed by atoms with van der Waals surface area (Å²) in [6.07, 6.45) is 9.01. The van der Waals surface area contributed by atoms with E-state index in [-0.39, 0.29) is 0 Å². The number of hydrogen-bond acceptors (Lipinski definition) is 2. The predicted octanol–water partition coefficient (Wildman–Crippen LogP) is 2.67. The first kappa shape index (κ1) is 12.2. The number of aromatic nitrogens is 1. The lowest BCUT2D eigenvalue weighted by Gasteiger charge is -2.23. The van der Waals surface area contributed by atoms with Crippen molar-refractivity contribution in [1.29, 1.82) is 0 Å². The Morgan fingerprint density at radius 3 is 2.68 bits per heavy atom. The van der Waals surface area contributed by atoms with Crippen LogP contribution in [0, 0.1) is 0 Å². The quantitative estimate of drug-likeness (QED) is 0.766. The Morgan fingerprint density at radius 2 is 2.05 bits per heavy atom. The first-order valence-corrected chi connectivity index (χ1v) is 6.42. The van der Waals surface area contributed by atoms with Gasteiger partial charge < -0.3 is 9.38 Å². The molecule has 6 heteroatoms. The van der Waals surface area contributed by atoms with Gasteiger partial charge in [0.05, 0.1) is 17.1 Å². The van der Waals surface area contributed by atoms with E-state index in [4.69, 9.17) is 0 Å². The Hall–Kier alpha value is -1.85. The molecule has 3 nitrogen and oxygen atoms in total. The van der Waals surface area contributed by atoms with Gasteiger partial charge in [-0.3, -0.25) is 13.6 Å². The molecule has 2 aliphatic rings. The normalized spacial score (nSPS) is 20.4. The minimum Gasteiger partial charge on any atom is -0.368 e. The van der Waals surface area contributed by atoms with Crippen LogP contribution in [-0.4, -0.2) is 36.1 Å². The lowest BCUT2D eigenvalue weighted by Crippen LogP contribution is -2.23. The molecule has 0 aromatic carbocycles. The van der Waals surface area contributed by atoms with Crippen molar-refractivity contribution in [2.75, 3.05) is 13.1 Å². The average molecular weight is 261 g/mol. The summed E-state index contributed by atoms with van der Waals surface area (Å²) >= 11 is 0. The zero-order valence-corrected chi connectivity index (χ0v) is 10.5. The molecule has 0 unspecified atom stereocenters. The number of allylic oxidation sites excluding steroid dienone is 2. The third-order valence-electron chi connectivity index (χ3n) is 3.45. The van der Waals surface area contributed by atoms with Gasteiger partial charge in [-0.2, -0.15) is 0 Å². The lowest BCUT2D eigenvalue weighted by atomic mass is 10.1. The van der Waals surface area contributed by atoms with E-state index >= 15 is 0 Å². The van der Waals surface area contributed by atoms with Crippen LogP contribution in [0.3, 0.4) is 0 Å². The summed E-state index contributed by atoms with van der Waals surface area (Å²) in [4.78, 5) is 6.43. The summed E-state index contributed by atoms with van der Waals surface area (Å²) in [6, 6.07) is 3.38. The molecule has 0 saturated carbocycles. The molecule has 3 heterocycles. The van der Waals surface area contributed by atoms with Crippen molar-refractivity contribution in [3.8, 4) is 0 Å². The summed E-state index contributed by atoms with van der Waals surface area (Å²) in [5.74, 6) is 0. The molecule has 1 fully saturated rings. The van der Waals surface area contributed by atoms with Gasteiger partial charge in [0.25, 0.3) is 0 Å². The molecule has 1 saturated heterocycles. The second-order valence-electron chi connectivity index (χ2n) is 4.64. The molecule has 0 bridgehead atoms. The molecule has 19 heavy (non-hydrogen) atoms. The van der Waals surface area contributed by atoms with Crippen LogP contribution in [0.2, 0.25) is 0 Å². The second kappa shape index (κ2) is 5.03. The van der Waals surface area contributed by atoms with Crippen LogP contribution < -0.4 is 0 Å². The van der Waals surface area contributed by atoms with Crippen LogP contribution in [-0.2, 0) is 0 Å². The van der Waals surface area contributed by atoms with Crippen molar-refractivity contribution in [3.63, 3.8) is 0 Å². The number of likely N-dealkylation sites (tertiary alicyclic amines) is 1. The highest BCUT2D eigenvalue weighted by Gasteiger charge is 2.26. The van der Waals surface area contributed by atoms with Crippen molar-refractivity contribution >= 4 is 19.3 Å². The first-order valence-electron chi connectivity index (χ1n) is 6.42. The van der Waals surface area contributed by atoms with E-state index in [9.17, 15) is 8.63 Å². The summed E-state index contributed by atoms with van der Waals surface area (Å²) in [7, 11) is -2.53. The van der Waals surface area contributed by atoms with Crippen molar-refractivity contribution in [2.45, 2.75) is 12.8 Å². The van der Waals surface area contributed by atoms with Crippen LogP contribution in [0.4, 0.5) is 8.63 Å². The van der Waals surface area contributed by atoms with E-state index in [1.54, 1.807) is 18.3 Å². The molecule has 0 aliphatic carbocycles. The van der Waals surface area contributed by atoms with Crippen LogP contribution in [0.15, 0.2) is 41.2 Å². The smallest absolute Gasteiger partial charge is 0.368 e. The largest absolute Gasteiger partial charge is 0.677 e. The summed E-state index contributed by atoms with van der Waals surface area (Å²) in [5.41, 5.74) is 2.12. The number of halogens is 2. The zero-order chi connectivity index (χ0) is 13.2. The van der Waals surface area contributed by atoms with Gasteiger partial charge >= 0.3 is 7.40 Å². The Balaban J connectivity index is 2.09. The lowest BCUT2D eigenvalue weighted by molar-refractivity contribution is 0.486. The predicted molar refractivity (Wildman–Crippen MR) is 73.2 cm³/mol. The van der Waals surface area contributed by atoms with Crippen LogP contribution >= 0.6 is 0 Å². The standard InChI is InChI=1S/C13H14BF2N3/c15-14(16)19-10-4-6-12(19)13(11-5-3-7-17-11)18-8-1-2-9-18/h3-7,10H,1-2,8-9H2/b13-11+. The molecule has 1 aromatic rings. The second-order valence-corrected chi connectivity index (χ2v) is 4.64. The Morgan fingerprint density at radius 1 is 1.26 bits per heavy atom. The molecule has 0 N–H and O–H groups in total. The maximum absolute atomic E-state index is 13.1. The Bertz CT molecular complexity index is 540. The molecule has 1 aromatic heterocycles. The minimum absolute atomic E-state index is 0.538. The number of rotatable bonds is 3. The fourth-order valence-corrected chi connectivity index (χ4v) is 2.60. The fourth-order valence-electron chi connectivity index (χ4n) is 2.60. The van der Waals surface area contributed by atoms with E-state index in [1.807, 2.05) is 12.2 Å². The molecule has 0 spiro atoms. The third kappa shape index (κ3) is 2.22. The summed E-state index contributed by atoms with van der Waals surface area (Å²) in [6.45, 7) is 1.80. The summed E-state index contributed by atoms with van der Waals surface area (Å²) in [5, 5.41) is 0. The first-order chi connectivity index (χ1) is 9.27. The molecule has 98 valence electrons. The van der Waals surface area contributed by atoms with Gasteiger partial charge in [-0.05, 0) is 43.3 Å². The third-order valence-corrected chi connectivity index (χ3v) is 3.45. The molecule has 3 rings (SSSR count). The van der Waals surface area contributed by atoms with Gasteiger partial charge in [0.2, 0.25) is 0 Å². The number of nitrogens with zero attached hydrogens (tertiary/aromatic N) is 3. The SMILES string of the molecule is FB(F)n1cccc1/C(=C1/C=CC=N1)N1CCCC1. The maximum atomic E-state index is 13.1. The van der Waals surface area contributed by atoms with Gasteiger partial charge in [-0.1, -0.05) is 0 Å². The van der Waals surface area contributed by atoms with Crippen LogP contribution in [0.1, 0.15) is 18.5 Å². The topological polar surface area (TPSA) is 20.5 Å². The van der Waals surface area contributed by atoms with Gasteiger partial charge in [0, 0.05) is 19.3 Å². The van der Waals surface area contributed by atoms with E-state index in [0.29, 0.717) is 5.69 Å². The molecule has 0 amide bonds. The van der Waals surface area contributed by atoms with E-state index < -0.39 is 7.40 Å². The molecular formula is C13H14BF2N3. The number of aliphatic imine (C=N–C) groups is 1. The maximum Gasteiger partial charge on any atom is 0.677 e. The van der Waals surface area contributed by atoms with E-state index in [2.05, 4.69) is 9.89 Å². The van der Waals surface area contributed by atoms with Crippen LogP contribution in [0.25, 0.3) is 5.70 Å². The highest BCUT2D eigenvalue weighted by Crippen LogP contribution is 2.30. The number of hydrogen-bond donors (Lipinski definition) is 0. The van der Waals surface area contributed by atoms with Gasteiger partial charge in [-0.15, -0.1) is 0 Å². The molecule has 2 aliphatic heterocycles. The zero-order valence-electron chi connectivity index (χ0n) is 10.5. The highest BCUT2D eigenvalue weighted by molar-refractivity contribution is 6.41. The van der Waals surface area contributed by atoms with Gasteiger partial charge in [-0.25, -0.2) is 0 Å². The highest BCUT2D eigenvalue weighted by atomic mass is 19.2. The van der Waals surface area contributed by atoms with Crippen LogP contribution in [0.5, 0.6) is 0 Å². The minimum atomic E-state index is -2.53. The van der Waals surface area contributed by atoms with E-state index in [1.165, 1.54) is 6.20 Å². The van der Waals surface area contributed by atoms with Crippen molar-refractivity contribution in [1.82, 2.24) is 9.38 Å². The average Bonchev–Trinajstić information content (AvgIpc) is 3.12. The van der Waals surface area contributed by atoms with Crippen molar-refractivity contribution in [2.24, 2.45) is 4.99 Å². The van der Waals surface area contributed by atoms with E-state index in [0.717, 1.165) is 41.8 Å².